The van der Waals surface area contributed by atoms with Crippen LogP contribution in [0.15, 0.2) is 18.2 Å². The average molecular weight is 351 g/mol. The minimum absolute atomic E-state index is 0.317. The predicted molar refractivity (Wildman–Crippen MR) is 91.3 cm³/mol. The van der Waals surface area contributed by atoms with Crippen molar-refractivity contribution >= 4 is 34.2 Å². The highest BCUT2D eigenvalue weighted by atomic mass is 32.1. The van der Waals surface area contributed by atoms with Gasteiger partial charge in [-0.3, -0.25) is 9.59 Å². The van der Waals surface area contributed by atoms with Crippen molar-refractivity contribution in [2.24, 2.45) is 11.8 Å². The van der Waals surface area contributed by atoms with Crippen LogP contribution in [-0.4, -0.2) is 30.1 Å². The van der Waals surface area contributed by atoms with E-state index in [1.54, 1.807) is 12.1 Å². The largest absolute Gasteiger partial charge is 0.481 e. The number of nitrogens with one attached hydrogen (secondary N) is 1. The number of amides is 1. The van der Waals surface area contributed by atoms with Crippen molar-refractivity contribution in [2.45, 2.75) is 32.6 Å². The Bertz CT molecular complexity index is 664. The first-order valence-electron chi connectivity index (χ1n) is 7.87. The molecule has 130 valence electrons. The zero-order valence-electron chi connectivity index (χ0n) is 13.7. The molecule has 0 aromatic carbocycles. The molecule has 0 unspecified atom stereocenters. The maximum atomic E-state index is 12.6. The molecule has 1 aromatic rings. The molecule has 1 amide bonds. The Morgan fingerprint density at radius 1 is 1.29 bits per heavy atom. The summed E-state index contributed by atoms with van der Waals surface area (Å²) in [5, 5.41) is 12.5. The van der Waals surface area contributed by atoms with Crippen molar-refractivity contribution in [3.63, 3.8) is 0 Å². The molecule has 6 nitrogen and oxygen atoms in total. The third-order valence-electron chi connectivity index (χ3n) is 4.01. The lowest BCUT2D eigenvalue weighted by molar-refractivity contribution is -0.146. The number of methoxy groups -OCH3 is 1. The fourth-order valence-electron chi connectivity index (χ4n) is 2.75. The van der Waals surface area contributed by atoms with Gasteiger partial charge >= 0.3 is 11.9 Å². The summed E-state index contributed by atoms with van der Waals surface area (Å²) in [5.74, 6) is -3.25. The van der Waals surface area contributed by atoms with Crippen LogP contribution in [0.25, 0.3) is 0 Å². The maximum absolute atomic E-state index is 12.6. The number of carboxylic acids is 1. The number of carbonyl (C=O) groups is 3. The zero-order valence-corrected chi connectivity index (χ0v) is 14.5. The van der Waals surface area contributed by atoms with Crippen LogP contribution < -0.4 is 5.32 Å². The number of rotatable bonds is 6. The quantitative estimate of drug-likeness (QED) is 0.607. The number of esters is 1. The van der Waals surface area contributed by atoms with E-state index in [1.165, 1.54) is 18.4 Å². The third-order valence-corrected chi connectivity index (χ3v) is 5.12. The molecule has 1 aliphatic carbocycles. The molecule has 1 aromatic heterocycles. The number of hydrogen-bond donors (Lipinski definition) is 2. The summed E-state index contributed by atoms with van der Waals surface area (Å²) in [6.07, 6.45) is 6.04. The van der Waals surface area contributed by atoms with Gasteiger partial charge in [-0.1, -0.05) is 25.5 Å². The molecule has 0 fully saturated rings. The van der Waals surface area contributed by atoms with Crippen molar-refractivity contribution in [1.82, 2.24) is 0 Å². The SMILES string of the molecule is CCCc1cc(C(=O)OC)c(NC(=O)[C@H]2CC=CC[C@H]2C(=O)O)s1. The molecule has 2 rings (SSSR count). The van der Waals surface area contributed by atoms with Gasteiger partial charge in [0, 0.05) is 4.88 Å². The van der Waals surface area contributed by atoms with E-state index in [4.69, 9.17) is 4.74 Å². The second-order valence-corrected chi connectivity index (χ2v) is 6.82. The molecule has 2 N–H and O–H groups in total. The number of ether oxygens (including phenoxy) is 1. The van der Waals surface area contributed by atoms with Crippen molar-refractivity contribution in [2.75, 3.05) is 12.4 Å². The number of hydrogen-bond acceptors (Lipinski definition) is 5. The van der Waals surface area contributed by atoms with Crippen LogP contribution >= 0.6 is 11.3 Å². The van der Waals surface area contributed by atoms with Crippen LogP contribution in [0.5, 0.6) is 0 Å². The molecule has 0 saturated carbocycles. The van der Waals surface area contributed by atoms with Crippen molar-refractivity contribution in [1.29, 1.82) is 0 Å². The molecule has 1 heterocycles. The smallest absolute Gasteiger partial charge is 0.340 e. The van der Waals surface area contributed by atoms with Gasteiger partial charge in [0.25, 0.3) is 0 Å². The molecule has 0 radical (unpaired) electrons. The molecule has 0 spiro atoms. The van der Waals surface area contributed by atoms with Gasteiger partial charge < -0.3 is 15.2 Å². The number of carbonyl (C=O) groups excluding carboxylic acids is 2. The highest BCUT2D eigenvalue weighted by Crippen LogP contribution is 2.32. The van der Waals surface area contributed by atoms with Gasteiger partial charge in [0.2, 0.25) is 5.91 Å². The van der Waals surface area contributed by atoms with Crippen molar-refractivity contribution in [3.05, 3.63) is 28.7 Å². The number of aryl methyl sites for hydroxylation is 1. The van der Waals surface area contributed by atoms with Crippen LogP contribution in [0.3, 0.4) is 0 Å². The maximum Gasteiger partial charge on any atom is 0.340 e. The lowest BCUT2D eigenvalue weighted by atomic mass is 9.82. The summed E-state index contributed by atoms with van der Waals surface area (Å²) in [4.78, 5) is 36.8. The number of carboxylic acid groups (broad SMARTS) is 1. The molecule has 7 heteroatoms. The van der Waals surface area contributed by atoms with E-state index >= 15 is 0 Å². The summed E-state index contributed by atoms with van der Waals surface area (Å²) in [6, 6.07) is 1.73. The molecule has 0 aliphatic heterocycles. The van der Waals surface area contributed by atoms with Crippen LogP contribution in [0.4, 0.5) is 5.00 Å². The van der Waals surface area contributed by atoms with Crippen molar-refractivity contribution in [3.8, 4) is 0 Å². The summed E-state index contributed by atoms with van der Waals surface area (Å²) >= 11 is 1.33. The summed E-state index contributed by atoms with van der Waals surface area (Å²) < 4.78 is 4.77. The Kier molecular flexibility index (Phi) is 6.14. The Morgan fingerprint density at radius 2 is 1.96 bits per heavy atom. The van der Waals surface area contributed by atoms with Gasteiger partial charge in [0.1, 0.15) is 5.00 Å². The summed E-state index contributed by atoms with van der Waals surface area (Å²) in [6.45, 7) is 2.03. The van der Waals surface area contributed by atoms with E-state index in [2.05, 4.69) is 5.32 Å². The molecule has 0 saturated heterocycles. The zero-order chi connectivity index (χ0) is 17.7. The van der Waals surface area contributed by atoms with Crippen LogP contribution in [0.1, 0.15) is 41.4 Å². The topological polar surface area (TPSA) is 92.7 Å². The predicted octanol–water partition coefficient (Wildman–Crippen LogP) is 3.09. The minimum Gasteiger partial charge on any atom is -0.481 e. The number of anilines is 1. The van der Waals surface area contributed by atoms with Gasteiger partial charge in [-0.2, -0.15) is 0 Å². The van der Waals surface area contributed by atoms with E-state index in [-0.39, 0.29) is 5.91 Å². The Balaban J connectivity index is 2.22. The van der Waals surface area contributed by atoms with Crippen LogP contribution in [0.2, 0.25) is 0 Å². The monoisotopic (exact) mass is 351 g/mol. The molecular weight excluding hydrogens is 330 g/mol. The van der Waals surface area contributed by atoms with Crippen LogP contribution in [-0.2, 0) is 20.7 Å². The third kappa shape index (κ3) is 4.03. The lowest BCUT2D eigenvalue weighted by Crippen LogP contribution is -2.34. The number of allylic oxidation sites excluding steroid dienone is 2. The Hall–Kier alpha value is -2.15. The fourth-order valence-corrected chi connectivity index (χ4v) is 3.90. The van der Waals surface area contributed by atoms with Gasteiger partial charge in [-0.25, -0.2) is 4.79 Å². The number of thiophene rings is 1. The van der Waals surface area contributed by atoms with Gasteiger partial charge in [0.15, 0.2) is 0 Å². The highest BCUT2D eigenvalue weighted by molar-refractivity contribution is 7.16. The van der Waals surface area contributed by atoms with E-state index in [0.29, 0.717) is 23.4 Å². The van der Waals surface area contributed by atoms with E-state index in [0.717, 1.165) is 17.7 Å². The van der Waals surface area contributed by atoms with Gasteiger partial charge in [-0.05, 0) is 25.3 Å². The van der Waals surface area contributed by atoms with Crippen molar-refractivity contribution < 1.29 is 24.2 Å². The second kappa shape index (κ2) is 8.10. The van der Waals surface area contributed by atoms with Gasteiger partial charge in [-0.15, -0.1) is 11.3 Å². The van der Waals surface area contributed by atoms with Gasteiger partial charge in [0.05, 0.1) is 24.5 Å². The average Bonchev–Trinajstić information content (AvgIpc) is 2.96. The lowest BCUT2D eigenvalue weighted by Gasteiger charge is -2.24. The molecule has 1 aliphatic rings. The number of aliphatic carboxylic acids is 1. The summed E-state index contributed by atoms with van der Waals surface area (Å²) in [5.41, 5.74) is 0.317. The Labute approximate surface area is 144 Å². The highest BCUT2D eigenvalue weighted by Gasteiger charge is 2.34. The molecule has 2 atom stereocenters. The fraction of sp³-hybridized carbons (Fsp3) is 0.471. The molecule has 24 heavy (non-hydrogen) atoms. The van der Waals surface area contributed by atoms with Crippen LogP contribution in [0, 0.1) is 11.8 Å². The molecular formula is C17H21NO5S. The minimum atomic E-state index is -0.981. The standard InChI is InChI=1S/C17H21NO5S/c1-3-6-10-9-13(17(22)23-2)15(24-10)18-14(19)11-7-4-5-8-12(11)16(20)21/h4-5,9,11-12H,3,6-8H2,1-2H3,(H,18,19)(H,20,21)/t11-,12+/m0/s1. The first-order chi connectivity index (χ1) is 11.5. The summed E-state index contributed by atoms with van der Waals surface area (Å²) in [7, 11) is 1.29. The Morgan fingerprint density at radius 3 is 2.54 bits per heavy atom. The first kappa shape index (κ1) is 18.2. The van der Waals surface area contributed by atoms with E-state index in [1.807, 2.05) is 13.0 Å². The van der Waals surface area contributed by atoms with E-state index < -0.39 is 23.8 Å². The first-order valence-corrected chi connectivity index (χ1v) is 8.69. The van der Waals surface area contributed by atoms with E-state index in [9.17, 15) is 19.5 Å². The normalized spacial score (nSPS) is 19.8. The molecule has 0 bridgehead atoms. The second-order valence-electron chi connectivity index (χ2n) is 5.68.